The molecule has 0 aromatic rings. The Hall–Kier alpha value is -1.15. The molecule has 2 aliphatic rings. The minimum absolute atomic E-state index is 0.100. The van der Waals surface area contributed by atoms with E-state index in [1.165, 1.54) is 11.2 Å². The van der Waals surface area contributed by atoms with Crippen LogP contribution in [-0.4, -0.2) is 66.0 Å². The Morgan fingerprint density at radius 1 is 1.16 bits per heavy atom. The molecule has 7 nitrogen and oxygen atoms in total. The molecule has 0 aromatic heterocycles. The third-order valence-corrected chi connectivity index (χ3v) is 5.81. The molecule has 1 amide bonds. The van der Waals surface area contributed by atoms with Crippen LogP contribution < -0.4 is 0 Å². The van der Waals surface area contributed by atoms with Crippen molar-refractivity contribution in [3.63, 3.8) is 0 Å². The first-order valence-corrected chi connectivity index (χ1v) is 7.85. The van der Waals surface area contributed by atoms with Crippen LogP contribution in [0.15, 0.2) is 0 Å². The average Bonchev–Trinajstić information content (AvgIpc) is 3.21. The van der Waals surface area contributed by atoms with E-state index in [2.05, 4.69) is 0 Å². The molecule has 0 spiro atoms. The monoisotopic (exact) mass is 290 g/mol. The first-order valence-electron chi connectivity index (χ1n) is 6.34. The molecule has 1 saturated heterocycles. The number of aliphatic carboxylic acids is 1. The summed E-state index contributed by atoms with van der Waals surface area (Å²) in [5.74, 6) is -1.12. The summed E-state index contributed by atoms with van der Waals surface area (Å²) >= 11 is 0. The quantitative estimate of drug-likeness (QED) is 0.742. The summed E-state index contributed by atoms with van der Waals surface area (Å²) in [6, 6.07) is 0. The summed E-state index contributed by atoms with van der Waals surface area (Å²) in [7, 11) is -3.82. The molecule has 1 aliphatic heterocycles. The molecular weight excluding hydrogens is 272 g/mol. The van der Waals surface area contributed by atoms with Gasteiger partial charge in [-0.05, 0) is 19.8 Å². The smallest absolute Gasteiger partial charge is 0.323 e. The summed E-state index contributed by atoms with van der Waals surface area (Å²) in [5.41, 5.74) is 0. The second-order valence-electron chi connectivity index (χ2n) is 5.02. The van der Waals surface area contributed by atoms with Crippen molar-refractivity contribution in [2.24, 2.45) is 5.92 Å². The van der Waals surface area contributed by atoms with E-state index >= 15 is 0 Å². The summed E-state index contributed by atoms with van der Waals surface area (Å²) in [4.78, 5) is 24.3. The van der Waals surface area contributed by atoms with E-state index in [-0.39, 0.29) is 24.9 Å². The number of carbonyl (C=O) groups excluding carboxylic acids is 1. The van der Waals surface area contributed by atoms with Crippen LogP contribution in [0.4, 0.5) is 0 Å². The third kappa shape index (κ3) is 2.89. The highest BCUT2D eigenvalue weighted by Crippen LogP contribution is 2.31. The molecule has 19 heavy (non-hydrogen) atoms. The Labute approximate surface area is 112 Å². The number of carboxylic acids is 1. The molecule has 1 aliphatic carbocycles. The van der Waals surface area contributed by atoms with Crippen LogP contribution >= 0.6 is 0 Å². The van der Waals surface area contributed by atoms with Gasteiger partial charge in [-0.15, -0.1) is 0 Å². The maximum atomic E-state index is 12.0. The Kier molecular flexibility index (Phi) is 3.82. The van der Waals surface area contributed by atoms with Gasteiger partial charge < -0.3 is 10.0 Å². The van der Waals surface area contributed by atoms with Gasteiger partial charge in [-0.1, -0.05) is 0 Å². The number of hydrogen-bond donors (Lipinski definition) is 1. The minimum Gasteiger partial charge on any atom is -0.480 e. The van der Waals surface area contributed by atoms with E-state index < -0.39 is 21.2 Å². The minimum atomic E-state index is -3.82. The topological polar surface area (TPSA) is 95.0 Å². The van der Waals surface area contributed by atoms with Crippen LogP contribution in [0, 0.1) is 5.92 Å². The van der Waals surface area contributed by atoms with Crippen molar-refractivity contribution in [1.82, 2.24) is 9.21 Å². The SMILES string of the molecule is CC(C(=O)O)S(=O)(=O)N1CCN(C(=O)C2CC2)CC1. The summed E-state index contributed by atoms with van der Waals surface area (Å²) in [6.07, 6.45) is 1.85. The molecule has 0 aromatic carbocycles. The molecule has 0 radical (unpaired) electrons. The maximum Gasteiger partial charge on any atom is 0.323 e. The van der Waals surface area contributed by atoms with Crippen molar-refractivity contribution in [2.75, 3.05) is 26.2 Å². The average molecular weight is 290 g/mol. The number of hydrogen-bond acceptors (Lipinski definition) is 4. The maximum absolute atomic E-state index is 12.0. The zero-order valence-electron chi connectivity index (χ0n) is 10.8. The first-order chi connectivity index (χ1) is 8.84. The molecule has 1 saturated carbocycles. The zero-order valence-corrected chi connectivity index (χ0v) is 11.6. The first kappa shape index (κ1) is 14.3. The van der Waals surface area contributed by atoms with Gasteiger partial charge in [-0.2, -0.15) is 4.31 Å². The molecule has 2 fully saturated rings. The molecule has 1 N–H and O–H groups in total. The van der Waals surface area contributed by atoms with Crippen LogP contribution in [0.25, 0.3) is 0 Å². The van der Waals surface area contributed by atoms with Gasteiger partial charge in [0.25, 0.3) is 0 Å². The van der Waals surface area contributed by atoms with Crippen LogP contribution in [0.1, 0.15) is 19.8 Å². The standard InChI is InChI=1S/C11H18N2O5S/c1-8(11(15)16)19(17,18)13-6-4-12(5-7-13)10(14)9-2-3-9/h8-9H,2-7H2,1H3,(H,15,16). The third-order valence-electron chi connectivity index (χ3n) is 3.63. The number of nitrogens with zero attached hydrogens (tertiary/aromatic N) is 2. The number of amides is 1. The fourth-order valence-corrected chi connectivity index (χ4v) is 3.48. The van der Waals surface area contributed by atoms with E-state index in [0.29, 0.717) is 13.1 Å². The van der Waals surface area contributed by atoms with Crippen molar-refractivity contribution in [3.8, 4) is 0 Å². The molecule has 2 rings (SSSR count). The van der Waals surface area contributed by atoms with Crippen molar-refractivity contribution in [3.05, 3.63) is 0 Å². The van der Waals surface area contributed by atoms with Crippen LogP contribution in [-0.2, 0) is 19.6 Å². The van der Waals surface area contributed by atoms with Crippen molar-refractivity contribution in [1.29, 1.82) is 0 Å². The fourth-order valence-electron chi connectivity index (χ4n) is 2.10. The molecule has 8 heteroatoms. The van der Waals surface area contributed by atoms with Gasteiger partial charge in [0.1, 0.15) is 0 Å². The summed E-state index contributed by atoms with van der Waals surface area (Å²) in [5, 5.41) is 7.35. The van der Waals surface area contributed by atoms with Gasteiger partial charge in [-0.3, -0.25) is 9.59 Å². The van der Waals surface area contributed by atoms with E-state index in [0.717, 1.165) is 12.8 Å². The van der Waals surface area contributed by atoms with Crippen LogP contribution in [0.5, 0.6) is 0 Å². The molecule has 108 valence electrons. The van der Waals surface area contributed by atoms with Crippen molar-refractivity contribution < 1.29 is 23.1 Å². The number of sulfonamides is 1. The van der Waals surface area contributed by atoms with Gasteiger partial charge in [0.2, 0.25) is 15.9 Å². The lowest BCUT2D eigenvalue weighted by atomic mass is 10.3. The van der Waals surface area contributed by atoms with E-state index in [9.17, 15) is 18.0 Å². The number of rotatable bonds is 4. The highest BCUT2D eigenvalue weighted by atomic mass is 32.2. The molecule has 1 unspecified atom stereocenters. The molecule has 1 heterocycles. The Bertz CT molecular complexity index is 477. The summed E-state index contributed by atoms with van der Waals surface area (Å²) < 4.78 is 25.2. The van der Waals surface area contributed by atoms with Gasteiger partial charge in [0.15, 0.2) is 5.25 Å². The highest BCUT2D eigenvalue weighted by Gasteiger charge is 2.39. The lowest BCUT2D eigenvalue weighted by molar-refractivity contribution is -0.136. The Morgan fingerprint density at radius 2 is 1.68 bits per heavy atom. The second-order valence-corrected chi connectivity index (χ2v) is 7.28. The largest absolute Gasteiger partial charge is 0.480 e. The van der Waals surface area contributed by atoms with Gasteiger partial charge in [-0.25, -0.2) is 8.42 Å². The molecule has 0 bridgehead atoms. The van der Waals surface area contributed by atoms with E-state index in [4.69, 9.17) is 5.11 Å². The lowest BCUT2D eigenvalue weighted by Gasteiger charge is -2.34. The van der Waals surface area contributed by atoms with Crippen molar-refractivity contribution >= 4 is 21.9 Å². The van der Waals surface area contributed by atoms with Gasteiger partial charge in [0.05, 0.1) is 0 Å². The van der Waals surface area contributed by atoms with E-state index in [1.807, 2.05) is 0 Å². The molecule has 1 atom stereocenters. The zero-order chi connectivity index (χ0) is 14.2. The Morgan fingerprint density at radius 3 is 2.11 bits per heavy atom. The highest BCUT2D eigenvalue weighted by molar-refractivity contribution is 7.90. The second kappa shape index (κ2) is 5.09. The van der Waals surface area contributed by atoms with Gasteiger partial charge >= 0.3 is 5.97 Å². The number of piperazine rings is 1. The fraction of sp³-hybridized carbons (Fsp3) is 0.818. The van der Waals surface area contributed by atoms with E-state index in [1.54, 1.807) is 4.90 Å². The Balaban J connectivity index is 1.95. The summed E-state index contributed by atoms with van der Waals surface area (Å²) in [6.45, 7) is 2.22. The normalized spacial score (nSPS) is 23.1. The van der Waals surface area contributed by atoms with Crippen molar-refractivity contribution in [2.45, 2.75) is 25.0 Å². The van der Waals surface area contributed by atoms with Gasteiger partial charge in [0, 0.05) is 32.1 Å². The lowest BCUT2D eigenvalue weighted by Crippen LogP contribution is -2.53. The predicted molar refractivity (Wildman–Crippen MR) is 66.9 cm³/mol. The number of carboxylic acid groups (broad SMARTS) is 1. The molecular formula is C11H18N2O5S. The predicted octanol–water partition coefficient (Wildman–Crippen LogP) is -0.656. The van der Waals surface area contributed by atoms with Crippen LogP contribution in [0.2, 0.25) is 0 Å². The number of carbonyl (C=O) groups is 2. The van der Waals surface area contributed by atoms with Crippen LogP contribution in [0.3, 0.4) is 0 Å².